The predicted molar refractivity (Wildman–Crippen MR) is 74.9 cm³/mol. The van der Waals surface area contributed by atoms with Crippen molar-refractivity contribution in [3.63, 3.8) is 0 Å². The zero-order valence-electron chi connectivity index (χ0n) is 11.4. The second-order valence-corrected chi connectivity index (χ2v) is 4.37. The van der Waals surface area contributed by atoms with Gasteiger partial charge in [0.2, 0.25) is 5.91 Å². The second-order valence-electron chi connectivity index (χ2n) is 4.37. The molecule has 7 heteroatoms. The summed E-state index contributed by atoms with van der Waals surface area (Å²) in [4.78, 5) is 11.5. The SMILES string of the molecule is COCC(N)C(=O)NCC(C)c1ccc(F)cc1F.Cl. The molecule has 3 N–H and O–H groups in total. The largest absolute Gasteiger partial charge is 0.383 e. The molecule has 0 fully saturated rings. The Kier molecular flexibility index (Phi) is 8.29. The molecule has 1 amide bonds. The number of hydrogen-bond acceptors (Lipinski definition) is 3. The van der Waals surface area contributed by atoms with Crippen molar-refractivity contribution in [1.29, 1.82) is 0 Å². The minimum atomic E-state index is -0.754. The van der Waals surface area contributed by atoms with E-state index in [0.717, 1.165) is 6.07 Å². The highest BCUT2D eigenvalue weighted by Crippen LogP contribution is 2.19. The molecule has 0 aliphatic heterocycles. The van der Waals surface area contributed by atoms with E-state index >= 15 is 0 Å². The lowest BCUT2D eigenvalue weighted by Gasteiger charge is -2.16. The van der Waals surface area contributed by atoms with Crippen LogP contribution in [0, 0.1) is 11.6 Å². The predicted octanol–water partition coefficient (Wildman–Crippen LogP) is 1.58. The van der Waals surface area contributed by atoms with Gasteiger partial charge in [-0.05, 0) is 11.6 Å². The van der Waals surface area contributed by atoms with Gasteiger partial charge in [-0.2, -0.15) is 0 Å². The van der Waals surface area contributed by atoms with Gasteiger partial charge < -0.3 is 15.8 Å². The van der Waals surface area contributed by atoms with E-state index in [1.54, 1.807) is 6.92 Å². The van der Waals surface area contributed by atoms with Gasteiger partial charge in [0.05, 0.1) is 6.61 Å². The minimum Gasteiger partial charge on any atom is -0.383 e. The number of amides is 1. The van der Waals surface area contributed by atoms with Gasteiger partial charge in [0.15, 0.2) is 0 Å². The van der Waals surface area contributed by atoms with Gasteiger partial charge in [0.1, 0.15) is 17.7 Å². The highest BCUT2D eigenvalue weighted by Gasteiger charge is 2.16. The summed E-state index contributed by atoms with van der Waals surface area (Å²) in [6, 6.07) is 2.63. The maximum atomic E-state index is 13.5. The van der Waals surface area contributed by atoms with E-state index in [-0.39, 0.29) is 37.4 Å². The number of rotatable bonds is 6. The smallest absolute Gasteiger partial charge is 0.239 e. The third kappa shape index (κ3) is 5.40. The fourth-order valence-electron chi connectivity index (χ4n) is 1.65. The summed E-state index contributed by atoms with van der Waals surface area (Å²) in [5.41, 5.74) is 5.89. The topological polar surface area (TPSA) is 64.3 Å². The molecule has 1 aromatic carbocycles. The molecular weight excluding hydrogens is 290 g/mol. The lowest BCUT2D eigenvalue weighted by Crippen LogP contribution is -2.44. The van der Waals surface area contributed by atoms with Gasteiger partial charge in [-0.15, -0.1) is 12.4 Å². The molecule has 2 atom stereocenters. The van der Waals surface area contributed by atoms with Crippen molar-refractivity contribution in [2.45, 2.75) is 18.9 Å². The average molecular weight is 309 g/mol. The molecule has 0 heterocycles. The van der Waals surface area contributed by atoms with Crippen LogP contribution in [0.5, 0.6) is 0 Å². The standard InChI is InChI=1S/C13H18F2N2O2.ClH/c1-8(6-17-13(18)12(16)7-19-2)10-4-3-9(14)5-11(10)15;/h3-5,8,12H,6-7,16H2,1-2H3,(H,17,18);1H. The highest BCUT2D eigenvalue weighted by molar-refractivity contribution is 5.85. The average Bonchev–Trinajstić information content (AvgIpc) is 2.35. The van der Waals surface area contributed by atoms with Gasteiger partial charge in [-0.3, -0.25) is 4.79 Å². The highest BCUT2D eigenvalue weighted by atomic mass is 35.5. The zero-order valence-corrected chi connectivity index (χ0v) is 12.2. The molecule has 0 radical (unpaired) electrons. The first-order valence-electron chi connectivity index (χ1n) is 5.93. The lowest BCUT2D eigenvalue weighted by molar-refractivity contribution is -0.123. The van der Waals surface area contributed by atoms with Crippen LogP contribution in [0.25, 0.3) is 0 Å². The third-order valence-electron chi connectivity index (χ3n) is 2.76. The van der Waals surface area contributed by atoms with Crippen LogP contribution in [0.1, 0.15) is 18.4 Å². The lowest BCUT2D eigenvalue weighted by atomic mass is 10.0. The Balaban J connectivity index is 0.00000361. The van der Waals surface area contributed by atoms with Gasteiger partial charge in [-0.25, -0.2) is 8.78 Å². The van der Waals surface area contributed by atoms with Crippen molar-refractivity contribution < 1.29 is 18.3 Å². The van der Waals surface area contributed by atoms with Crippen molar-refractivity contribution in [3.05, 3.63) is 35.4 Å². The van der Waals surface area contributed by atoms with Gasteiger partial charge in [-0.1, -0.05) is 13.0 Å². The molecule has 0 bridgehead atoms. The maximum absolute atomic E-state index is 13.5. The number of carbonyl (C=O) groups excluding carboxylic acids is 1. The van der Waals surface area contributed by atoms with Crippen LogP contribution in [0.2, 0.25) is 0 Å². The van der Waals surface area contributed by atoms with Crippen LogP contribution in [0.4, 0.5) is 8.78 Å². The Labute approximate surface area is 123 Å². The normalized spacial score (nSPS) is 13.2. The number of benzene rings is 1. The molecule has 0 aromatic heterocycles. The Hall–Kier alpha value is -1.24. The molecule has 0 spiro atoms. The molecular formula is C13H19ClF2N2O2. The number of carbonyl (C=O) groups is 1. The van der Waals surface area contributed by atoms with Crippen molar-refractivity contribution >= 4 is 18.3 Å². The van der Waals surface area contributed by atoms with Gasteiger partial charge in [0, 0.05) is 25.6 Å². The van der Waals surface area contributed by atoms with Crippen LogP contribution in [-0.4, -0.2) is 32.2 Å². The Bertz CT molecular complexity index is 446. The first-order valence-corrected chi connectivity index (χ1v) is 5.93. The third-order valence-corrected chi connectivity index (χ3v) is 2.76. The number of ether oxygens (including phenoxy) is 1. The van der Waals surface area contributed by atoms with Crippen LogP contribution < -0.4 is 11.1 Å². The van der Waals surface area contributed by atoms with E-state index < -0.39 is 17.7 Å². The monoisotopic (exact) mass is 308 g/mol. The van der Waals surface area contributed by atoms with Crippen LogP contribution in [0.15, 0.2) is 18.2 Å². The van der Waals surface area contributed by atoms with Crippen LogP contribution >= 0.6 is 12.4 Å². The summed E-state index contributed by atoms with van der Waals surface area (Å²) in [5, 5.41) is 2.60. The van der Waals surface area contributed by atoms with E-state index in [0.29, 0.717) is 5.56 Å². The van der Waals surface area contributed by atoms with Gasteiger partial charge in [0.25, 0.3) is 0 Å². The summed E-state index contributed by atoms with van der Waals surface area (Å²) in [5.74, 6) is -1.89. The molecule has 0 saturated carbocycles. The molecule has 114 valence electrons. The summed E-state index contributed by atoms with van der Waals surface area (Å²) in [7, 11) is 1.45. The number of halogens is 3. The molecule has 0 aliphatic carbocycles. The Morgan fingerprint density at radius 1 is 1.45 bits per heavy atom. The van der Waals surface area contributed by atoms with E-state index in [9.17, 15) is 13.6 Å². The minimum absolute atomic E-state index is 0. The van der Waals surface area contributed by atoms with Crippen molar-refractivity contribution in [3.8, 4) is 0 Å². The summed E-state index contributed by atoms with van der Waals surface area (Å²) >= 11 is 0. The van der Waals surface area contributed by atoms with E-state index in [1.807, 2.05) is 0 Å². The first-order chi connectivity index (χ1) is 8.95. The van der Waals surface area contributed by atoms with Crippen LogP contribution in [-0.2, 0) is 9.53 Å². The summed E-state index contributed by atoms with van der Waals surface area (Å²) in [6.45, 7) is 2.07. The number of nitrogens with one attached hydrogen (secondary N) is 1. The molecule has 1 aromatic rings. The van der Waals surface area contributed by atoms with Crippen molar-refractivity contribution in [2.24, 2.45) is 5.73 Å². The Morgan fingerprint density at radius 2 is 2.10 bits per heavy atom. The molecule has 0 aliphatic rings. The number of methoxy groups -OCH3 is 1. The van der Waals surface area contributed by atoms with Crippen molar-refractivity contribution in [1.82, 2.24) is 5.32 Å². The zero-order chi connectivity index (χ0) is 14.4. The van der Waals surface area contributed by atoms with Gasteiger partial charge >= 0.3 is 0 Å². The number of nitrogens with two attached hydrogens (primary N) is 1. The molecule has 2 unspecified atom stereocenters. The quantitative estimate of drug-likeness (QED) is 0.838. The molecule has 4 nitrogen and oxygen atoms in total. The van der Waals surface area contributed by atoms with E-state index in [1.165, 1.54) is 19.2 Å². The molecule has 20 heavy (non-hydrogen) atoms. The summed E-state index contributed by atoms with van der Waals surface area (Å²) in [6.07, 6.45) is 0. The molecule has 1 rings (SSSR count). The second kappa shape index (κ2) is 8.84. The summed E-state index contributed by atoms with van der Waals surface area (Å²) < 4.78 is 31.0. The fourth-order valence-corrected chi connectivity index (χ4v) is 1.65. The maximum Gasteiger partial charge on any atom is 0.239 e. The van der Waals surface area contributed by atoms with E-state index in [4.69, 9.17) is 10.5 Å². The fraction of sp³-hybridized carbons (Fsp3) is 0.462. The van der Waals surface area contributed by atoms with Crippen LogP contribution in [0.3, 0.4) is 0 Å². The first kappa shape index (κ1) is 18.8. The Morgan fingerprint density at radius 3 is 2.65 bits per heavy atom. The number of hydrogen-bond donors (Lipinski definition) is 2. The molecule has 0 saturated heterocycles. The van der Waals surface area contributed by atoms with E-state index in [2.05, 4.69) is 5.32 Å². The van der Waals surface area contributed by atoms with Crippen molar-refractivity contribution in [2.75, 3.05) is 20.3 Å².